The molecule has 1 unspecified atom stereocenters. The summed E-state index contributed by atoms with van der Waals surface area (Å²) in [5.41, 5.74) is 1.12. The van der Waals surface area contributed by atoms with Crippen molar-refractivity contribution in [2.24, 2.45) is 0 Å². The smallest absolute Gasteiger partial charge is 0.166 e. The van der Waals surface area contributed by atoms with Gasteiger partial charge in [-0.25, -0.2) is 4.98 Å². The van der Waals surface area contributed by atoms with Crippen molar-refractivity contribution in [2.75, 3.05) is 32.1 Å². The molecular weight excluding hydrogens is 272 g/mol. The number of anilines is 1. The molecule has 0 aliphatic carbocycles. The summed E-state index contributed by atoms with van der Waals surface area (Å²) in [4.78, 5) is 6.37. The summed E-state index contributed by atoms with van der Waals surface area (Å²) < 4.78 is 5.55. The maximum absolute atomic E-state index is 5.55. The third-order valence-corrected chi connectivity index (χ3v) is 3.53. The Hall–Kier alpha value is -1.40. The van der Waals surface area contributed by atoms with E-state index in [4.69, 9.17) is 17.0 Å². The number of thiocarbonyl (C=S) groups is 1. The molecule has 1 aliphatic rings. The Morgan fingerprint density at radius 3 is 3.05 bits per heavy atom. The lowest BCUT2D eigenvalue weighted by atomic mass is 10.2. The molecule has 6 heteroatoms. The fraction of sp³-hybridized carbons (Fsp3) is 0.571. The maximum atomic E-state index is 5.55. The average molecular weight is 294 g/mol. The molecule has 1 atom stereocenters. The van der Waals surface area contributed by atoms with Gasteiger partial charge in [-0.1, -0.05) is 6.07 Å². The number of hydrogen-bond donors (Lipinski definition) is 2. The summed E-state index contributed by atoms with van der Waals surface area (Å²) in [7, 11) is 3.97. The van der Waals surface area contributed by atoms with Gasteiger partial charge in [-0.05, 0) is 31.1 Å². The van der Waals surface area contributed by atoms with E-state index >= 15 is 0 Å². The third-order valence-electron chi connectivity index (χ3n) is 3.24. The second-order valence-electron chi connectivity index (χ2n) is 5.08. The van der Waals surface area contributed by atoms with Gasteiger partial charge in [0, 0.05) is 45.6 Å². The van der Waals surface area contributed by atoms with Gasteiger partial charge in [0.25, 0.3) is 0 Å². The summed E-state index contributed by atoms with van der Waals surface area (Å²) in [6.07, 6.45) is 4.36. The number of nitrogens with one attached hydrogen (secondary N) is 2. The highest BCUT2D eigenvalue weighted by molar-refractivity contribution is 7.80. The van der Waals surface area contributed by atoms with Crippen LogP contribution in [0.5, 0.6) is 0 Å². The minimum atomic E-state index is 0.297. The summed E-state index contributed by atoms with van der Waals surface area (Å²) in [5.74, 6) is 0.960. The third kappa shape index (κ3) is 4.31. The molecule has 0 saturated carbocycles. The predicted octanol–water partition coefficient (Wildman–Crippen LogP) is 1.29. The molecule has 0 amide bonds. The van der Waals surface area contributed by atoms with Crippen molar-refractivity contribution in [1.82, 2.24) is 15.6 Å². The van der Waals surface area contributed by atoms with E-state index in [1.165, 1.54) is 0 Å². The molecular formula is C14H22N4OS. The fourth-order valence-corrected chi connectivity index (χ4v) is 2.38. The second kappa shape index (κ2) is 7.40. The summed E-state index contributed by atoms with van der Waals surface area (Å²) >= 11 is 5.28. The van der Waals surface area contributed by atoms with E-state index < -0.39 is 0 Å². The van der Waals surface area contributed by atoms with Crippen LogP contribution in [-0.4, -0.2) is 43.4 Å². The molecule has 2 heterocycles. The Kier molecular flexibility index (Phi) is 5.55. The van der Waals surface area contributed by atoms with Crippen LogP contribution < -0.4 is 15.5 Å². The van der Waals surface area contributed by atoms with Gasteiger partial charge in [-0.15, -0.1) is 0 Å². The first-order chi connectivity index (χ1) is 9.66. The zero-order valence-corrected chi connectivity index (χ0v) is 12.9. The minimum Gasteiger partial charge on any atom is -0.376 e. The van der Waals surface area contributed by atoms with Crippen LogP contribution in [0.25, 0.3) is 0 Å². The van der Waals surface area contributed by atoms with Crippen LogP contribution >= 0.6 is 12.2 Å². The number of nitrogens with zero attached hydrogens (tertiary/aromatic N) is 2. The highest BCUT2D eigenvalue weighted by atomic mass is 32.1. The lowest BCUT2D eigenvalue weighted by Gasteiger charge is -2.17. The first-order valence-electron chi connectivity index (χ1n) is 6.91. The SMILES string of the molecule is CN(C)c1ncccc1CNC(=S)NCC1CCCO1. The van der Waals surface area contributed by atoms with E-state index in [0.29, 0.717) is 17.8 Å². The van der Waals surface area contributed by atoms with E-state index in [1.54, 1.807) is 6.20 Å². The second-order valence-corrected chi connectivity index (χ2v) is 5.49. The largest absolute Gasteiger partial charge is 0.376 e. The molecule has 0 radical (unpaired) electrons. The Bertz CT molecular complexity index is 447. The minimum absolute atomic E-state index is 0.297. The molecule has 0 bridgehead atoms. The van der Waals surface area contributed by atoms with Crippen LogP contribution in [-0.2, 0) is 11.3 Å². The molecule has 1 aliphatic heterocycles. The highest BCUT2D eigenvalue weighted by Crippen LogP contribution is 2.14. The fourth-order valence-electron chi connectivity index (χ4n) is 2.22. The number of hydrogen-bond acceptors (Lipinski definition) is 4. The number of ether oxygens (including phenoxy) is 1. The van der Waals surface area contributed by atoms with Crippen molar-refractivity contribution in [3.05, 3.63) is 23.9 Å². The van der Waals surface area contributed by atoms with E-state index in [0.717, 1.165) is 37.4 Å². The van der Waals surface area contributed by atoms with Gasteiger partial charge in [0.1, 0.15) is 5.82 Å². The van der Waals surface area contributed by atoms with Gasteiger partial charge in [-0.3, -0.25) is 0 Å². The van der Waals surface area contributed by atoms with Crippen molar-refractivity contribution >= 4 is 23.1 Å². The molecule has 20 heavy (non-hydrogen) atoms. The molecule has 1 fully saturated rings. The van der Waals surface area contributed by atoms with E-state index in [2.05, 4.69) is 21.7 Å². The Labute approximate surface area is 125 Å². The molecule has 2 N–H and O–H groups in total. The molecule has 110 valence electrons. The molecule has 0 spiro atoms. The van der Waals surface area contributed by atoms with Gasteiger partial charge in [0.2, 0.25) is 0 Å². The van der Waals surface area contributed by atoms with Crippen LogP contribution in [0, 0.1) is 0 Å². The zero-order chi connectivity index (χ0) is 14.4. The lowest BCUT2D eigenvalue weighted by Crippen LogP contribution is -2.39. The monoisotopic (exact) mass is 294 g/mol. The van der Waals surface area contributed by atoms with Crippen LogP contribution in [0.3, 0.4) is 0 Å². The predicted molar refractivity (Wildman–Crippen MR) is 85.0 cm³/mol. The topological polar surface area (TPSA) is 49.4 Å². The molecule has 1 saturated heterocycles. The summed E-state index contributed by atoms with van der Waals surface area (Å²) in [6.45, 7) is 2.31. The van der Waals surface area contributed by atoms with Crippen molar-refractivity contribution < 1.29 is 4.74 Å². The quantitative estimate of drug-likeness (QED) is 0.798. The van der Waals surface area contributed by atoms with Crippen molar-refractivity contribution in [1.29, 1.82) is 0 Å². The summed E-state index contributed by atoms with van der Waals surface area (Å²) in [6, 6.07) is 3.99. The van der Waals surface area contributed by atoms with Crippen LogP contribution in [0.2, 0.25) is 0 Å². The van der Waals surface area contributed by atoms with Gasteiger partial charge in [0.15, 0.2) is 5.11 Å². The van der Waals surface area contributed by atoms with Gasteiger partial charge >= 0.3 is 0 Å². The van der Waals surface area contributed by atoms with Crippen molar-refractivity contribution in [2.45, 2.75) is 25.5 Å². The molecule has 2 rings (SSSR count). The summed E-state index contributed by atoms with van der Waals surface area (Å²) in [5, 5.41) is 7.08. The molecule has 5 nitrogen and oxygen atoms in total. The highest BCUT2D eigenvalue weighted by Gasteiger charge is 2.15. The Morgan fingerprint density at radius 1 is 1.50 bits per heavy atom. The lowest BCUT2D eigenvalue weighted by molar-refractivity contribution is 0.114. The van der Waals surface area contributed by atoms with Crippen molar-refractivity contribution in [3.63, 3.8) is 0 Å². The first-order valence-corrected chi connectivity index (χ1v) is 7.32. The first kappa shape index (κ1) is 15.0. The number of aromatic nitrogens is 1. The molecule has 1 aromatic heterocycles. The molecule has 1 aromatic rings. The van der Waals surface area contributed by atoms with E-state index in [1.807, 2.05) is 25.1 Å². The Morgan fingerprint density at radius 2 is 2.35 bits per heavy atom. The van der Waals surface area contributed by atoms with Gasteiger partial charge in [-0.2, -0.15) is 0 Å². The van der Waals surface area contributed by atoms with Crippen molar-refractivity contribution in [3.8, 4) is 0 Å². The normalized spacial score (nSPS) is 17.8. The standard InChI is InChI=1S/C14H22N4OS/c1-18(2)13-11(5-3-7-15-13)9-16-14(20)17-10-12-6-4-8-19-12/h3,5,7,12H,4,6,8-10H2,1-2H3,(H2,16,17,20). The van der Waals surface area contributed by atoms with E-state index in [9.17, 15) is 0 Å². The maximum Gasteiger partial charge on any atom is 0.166 e. The number of pyridine rings is 1. The average Bonchev–Trinajstić information content (AvgIpc) is 2.96. The van der Waals surface area contributed by atoms with Crippen LogP contribution in [0.15, 0.2) is 18.3 Å². The van der Waals surface area contributed by atoms with Gasteiger partial charge < -0.3 is 20.3 Å². The Balaban J connectivity index is 1.78. The van der Waals surface area contributed by atoms with Crippen LogP contribution in [0.4, 0.5) is 5.82 Å². The zero-order valence-electron chi connectivity index (χ0n) is 12.1. The van der Waals surface area contributed by atoms with Crippen LogP contribution in [0.1, 0.15) is 18.4 Å². The van der Waals surface area contributed by atoms with E-state index in [-0.39, 0.29) is 0 Å². The number of rotatable bonds is 5. The molecule has 0 aromatic carbocycles. The van der Waals surface area contributed by atoms with Gasteiger partial charge in [0.05, 0.1) is 6.10 Å².